The number of hydrogen-bond donors (Lipinski definition) is 0. The molecule has 0 bridgehead atoms. The molecule has 94 valence electrons. The largest absolute Gasteiger partial charge is 0.494 e. The van der Waals surface area contributed by atoms with Crippen LogP contribution in [0.3, 0.4) is 0 Å². The monoisotopic (exact) mass is 234 g/mol. The first-order valence-electron chi connectivity index (χ1n) is 6.25. The van der Waals surface area contributed by atoms with E-state index in [0.29, 0.717) is 0 Å². The summed E-state index contributed by atoms with van der Waals surface area (Å²) in [6.07, 6.45) is 0.991. The summed E-state index contributed by atoms with van der Waals surface area (Å²) in [4.78, 5) is 12.1. The first-order valence-corrected chi connectivity index (χ1v) is 6.25. The van der Waals surface area contributed by atoms with Gasteiger partial charge in [0.25, 0.3) is 0 Å². The topological polar surface area (TPSA) is 26.3 Å². The average molecular weight is 234 g/mol. The summed E-state index contributed by atoms with van der Waals surface area (Å²) >= 11 is 0. The molecular formula is C15H22O2. The Bertz CT molecular complexity index is 382. The predicted molar refractivity (Wildman–Crippen MR) is 70.9 cm³/mol. The third kappa shape index (κ3) is 3.32. The Hall–Kier alpha value is -1.31. The molecule has 0 radical (unpaired) electrons. The summed E-state index contributed by atoms with van der Waals surface area (Å²) in [6.45, 7) is 10.6. The van der Waals surface area contributed by atoms with Crippen LogP contribution in [0.1, 0.15) is 48.7 Å². The van der Waals surface area contributed by atoms with Gasteiger partial charge in [-0.25, -0.2) is 0 Å². The van der Waals surface area contributed by atoms with Crippen molar-refractivity contribution in [2.75, 3.05) is 6.61 Å². The minimum Gasteiger partial charge on any atom is -0.494 e. The maximum Gasteiger partial charge on any atom is 0.165 e. The maximum absolute atomic E-state index is 12.1. The van der Waals surface area contributed by atoms with Crippen LogP contribution in [0.4, 0.5) is 0 Å². The Morgan fingerprint density at radius 1 is 1.24 bits per heavy atom. The molecule has 0 atom stereocenters. The lowest BCUT2D eigenvalue weighted by atomic mass is 9.93. The molecule has 0 aromatic heterocycles. The Morgan fingerprint density at radius 2 is 1.76 bits per heavy atom. The number of benzene rings is 1. The summed E-state index contributed by atoms with van der Waals surface area (Å²) in [6, 6.07) is 3.91. The Kier molecular flexibility index (Phi) is 4.73. The molecule has 1 rings (SSSR count). The van der Waals surface area contributed by atoms with Crippen molar-refractivity contribution in [1.29, 1.82) is 0 Å². The number of hydrogen-bond acceptors (Lipinski definition) is 2. The second-order valence-corrected chi connectivity index (χ2v) is 4.80. The molecule has 0 fully saturated rings. The third-order valence-corrected chi connectivity index (χ3v) is 2.75. The lowest BCUT2D eigenvalue weighted by Crippen LogP contribution is -2.11. The van der Waals surface area contributed by atoms with Gasteiger partial charge < -0.3 is 4.74 Å². The molecule has 0 N–H and O–H groups in total. The molecule has 0 aliphatic carbocycles. The van der Waals surface area contributed by atoms with Crippen molar-refractivity contribution < 1.29 is 9.53 Å². The van der Waals surface area contributed by atoms with Gasteiger partial charge in [0.2, 0.25) is 0 Å². The Labute approximate surface area is 104 Å². The van der Waals surface area contributed by atoms with Crippen LogP contribution in [0.5, 0.6) is 5.75 Å². The van der Waals surface area contributed by atoms with Crippen molar-refractivity contribution in [3.63, 3.8) is 0 Å². The predicted octanol–water partition coefficient (Wildman–Crippen LogP) is 3.93. The van der Waals surface area contributed by atoms with Gasteiger partial charge in [0.15, 0.2) is 5.78 Å². The highest BCUT2D eigenvalue weighted by Gasteiger charge is 2.16. The summed E-state index contributed by atoms with van der Waals surface area (Å²) in [5.74, 6) is 1.11. The summed E-state index contributed by atoms with van der Waals surface area (Å²) < 4.78 is 5.60. The fourth-order valence-corrected chi connectivity index (χ4v) is 1.90. The average Bonchev–Trinajstić information content (AvgIpc) is 2.25. The van der Waals surface area contributed by atoms with Crippen molar-refractivity contribution in [1.82, 2.24) is 0 Å². The van der Waals surface area contributed by atoms with Gasteiger partial charge in [0.05, 0.1) is 6.61 Å². The van der Waals surface area contributed by atoms with Crippen LogP contribution >= 0.6 is 0 Å². The van der Waals surface area contributed by atoms with Crippen LogP contribution in [0.25, 0.3) is 0 Å². The molecule has 0 amide bonds. The van der Waals surface area contributed by atoms with E-state index in [2.05, 4.69) is 6.92 Å². The van der Waals surface area contributed by atoms with Crippen LogP contribution in [0, 0.1) is 19.8 Å². The molecule has 17 heavy (non-hydrogen) atoms. The molecule has 0 saturated heterocycles. The van der Waals surface area contributed by atoms with Crippen molar-refractivity contribution in [2.45, 2.75) is 41.0 Å². The number of ketones is 1. The zero-order chi connectivity index (χ0) is 13.0. The van der Waals surface area contributed by atoms with E-state index in [-0.39, 0.29) is 11.7 Å². The molecular weight excluding hydrogens is 212 g/mol. The highest BCUT2D eigenvalue weighted by atomic mass is 16.5. The summed E-state index contributed by atoms with van der Waals surface area (Å²) in [7, 11) is 0. The molecule has 2 nitrogen and oxygen atoms in total. The zero-order valence-corrected chi connectivity index (χ0v) is 11.5. The van der Waals surface area contributed by atoms with E-state index in [1.807, 2.05) is 39.8 Å². The lowest BCUT2D eigenvalue weighted by Gasteiger charge is -2.14. The van der Waals surface area contributed by atoms with E-state index in [1.54, 1.807) is 0 Å². The molecule has 1 aromatic carbocycles. The van der Waals surface area contributed by atoms with Crippen LogP contribution in [0.15, 0.2) is 12.1 Å². The van der Waals surface area contributed by atoms with E-state index in [4.69, 9.17) is 4.74 Å². The number of ether oxygens (including phenoxy) is 1. The summed E-state index contributed by atoms with van der Waals surface area (Å²) in [5, 5.41) is 0. The van der Waals surface area contributed by atoms with Gasteiger partial charge in [-0.05, 0) is 43.5 Å². The van der Waals surface area contributed by atoms with Gasteiger partial charge in [0.1, 0.15) is 5.75 Å². The van der Waals surface area contributed by atoms with E-state index in [1.165, 1.54) is 0 Å². The van der Waals surface area contributed by atoms with Gasteiger partial charge in [-0.15, -0.1) is 0 Å². The van der Waals surface area contributed by atoms with E-state index in [0.717, 1.165) is 35.5 Å². The van der Waals surface area contributed by atoms with E-state index in [9.17, 15) is 4.79 Å². The molecule has 0 aliphatic heterocycles. The van der Waals surface area contributed by atoms with Gasteiger partial charge >= 0.3 is 0 Å². The van der Waals surface area contributed by atoms with Crippen LogP contribution in [0.2, 0.25) is 0 Å². The molecule has 2 heteroatoms. The van der Waals surface area contributed by atoms with Gasteiger partial charge in [-0.1, -0.05) is 20.8 Å². The number of carbonyl (C=O) groups is 1. The number of rotatable bonds is 5. The van der Waals surface area contributed by atoms with Gasteiger partial charge in [0, 0.05) is 11.5 Å². The fourth-order valence-electron chi connectivity index (χ4n) is 1.90. The van der Waals surface area contributed by atoms with E-state index < -0.39 is 0 Å². The minimum atomic E-state index is 0.0369. The number of aryl methyl sites for hydroxylation is 2. The van der Waals surface area contributed by atoms with E-state index >= 15 is 0 Å². The van der Waals surface area contributed by atoms with Crippen molar-refractivity contribution in [3.8, 4) is 5.75 Å². The molecule has 0 spiro atoms. The van der Waals surface area contributed by atoms with Gasteiger partial charge in [-0.3, -0.25) is 4.79 Å². The molecule has 1 aromatic rings. The number of carbonyl (C=O) groups excluding carboxylic acids is 1. The standard InChI is InChI=1S/C15H22O2/c1-6-7-17-13-8-11(4)14(12(5)9-13)15(16)10(2)3/h8-10H,6-7H2,1-5H3. The smallest absolute Gasteiger partial charge is 0.165 e. The van der Waals surface area contributed by atoms with Crippen molar-refractivity contribution in [2.24, 2.45) is 5.92 Å². The minimum absolute atomic E-state index is 0.0369. The summed E-state index contributed by atoms with van der Waals surface area (Å²) in [5.41, 5.74) is 2.87. The normalized spacial score (nSPS) is 10.7. The third-order valence-electron chi connectivity index (χ3n) is 2.75. The van der Waals surface area contributed by atoms with Crippen LogP contribution in [-0.4, -0.2) is 12.4 Å². The van der Waals surface area contributed by atoms with Crippen molar-refractivity contribution >= 4 is 5.78 Å². The first-order chi connectivity index (χ1) is 7.97. The Balaban J connectivity index is 3.06. The molecule has 0 saturated carbocycles. The van der Waals surface area contributed by atoms with Crippen LogP contribution < -0.4 is 4.74 Å². The highest BCUT2D eigenvalue weighted by Crippen LogP contribution is 2.24. The lowest BCUT2D eigenvalue weighted by molar-refractivity contribution is 0.0938. The fraction of sp³-hybridized carbons (Fsp3) is 0.533. The zero-order valence-electron chi connectivity index (χ0n) is 11.5. The SMILES string of the molecule is CCCOc1cc(C)c(C(=O)C(C)C)c(C)c1. The van der Waals surface area contributed by atoms with Crippen LogP contribution in [-0.2, 0) is 0 Å². The molecule has 0 unspecified atom stereocenters. The molecule has 0 aliphatic rings. The van der Waals surface area contributed by atoms with Gasteiger partial charge in [-0.2, -0.15) is 0 Å². The Morgan fingerprint density at radius 3 is 2.18 bits per heavy atom. The molecule has 0 heterocycles. The number of Topliss-reactive ketones (excluding diaryl/α,β-unsaturated/α-hetero) is 1. The van der Waals surface area contributed by atoms with Crippen molar-refractivity contribution in [3.05, 3.63) is 28.8 Å². The second-order valence-electron chi connectivity index (χ2n) is 4.80. The second kappa shape index (κ2) is 5.85. The first kappa shape index (κ1) is 13.8. The maximum atomic E-state index is 12.1. The quantitative estimate of drug-likeness (QED) is 0.721. The highest BCUT2D eigenvalue weighted by molar-refractivity contribution is 6.00.